The van der Waals surface area contributed by atoms with Gasteiger partial charge in [0, 0.05) is 51.8 Å². The van der Waals surface area contributed by atoms with Crippen LogP contribution in [0.5, 0.6) is 5.75 Å². The molecule has 0 spiro atoms. The number of fused-ring (bicyclic) bond motifs is 1. The van der Waals surface area contributed by atoms with Crippen molar-refractivity contribution in [1.29, 1.82) is 0 Å². The summed E-state index contributed by atoms with van der Waals surface area (Å²) in [6.07, 6.45) is 0. The zero-order valence-corrected chi connectivity index (χ0v) is 23.2. The Morgan fingerprint density at radius 3 is 2.44 bits per heavy atom. The second kappa shape index (κ2) is 12.7. The number of likely N-dealkylation sites (N-methyl/N-ethyl adjacent to an activating group) is 1. The van der Waals surface area contributed by atoms with Crippen LogP contribution in [0.2, 0.25) is 0 Å². The molecular formula is C28H37N7O4. The molecule has 0 atom stereocenters. The molecule has 0 unspecified atom stereocenters. The monoisotopic (exact) mass is 535 g/mol. The standard InChI is InChI=1S/C28H37N7O4/c1-19(2)29-12-13-30-26(36)17-34(18-27(37)33(4)35-15-22-8-6-7-9-23(22)16-35)24-14-21(10-11-25(24)38-5)28-31-20(3)39-32-28/h6-11,14,19,29H,12-13,15-18H2,1-5H3,(H,30,36). The number of aryl methyl sites for hydroxylation is 1. The average molecular weight is 536 g/mol. The van der Waals surface area contributed by atoms with E-state index in [-0.39, 0.29) is 24.9 Å². The average Bonchev–Trinajstić information content (AvgIpc) is 3.56. The quantitative estimate of drug-likeness (QED) is 0.337. The zero-order valence-electron chi connectivity index (χ0n) is 23.2. The molecule has 3 aromatic rings. The Balaban J connectivity index is 1.55. The van der Waals surface area contributed by atoms with Crippen LogP contribution in [0.3, 0.4) is 0 Å². The van der Waals surface area contributed by atoms with Crippen LogP contribution >= 0.6 is 0 Å². The minimum absolute atomic E-state index is 0.0351. The number of anilines is 1. The van der Waals surface area contributed by atoms with E-state index in [9.17, 15) is 9.59 Å². The van der Waals surface area contributed by atoms with Crippen LogP contribution < -0.4 is 20.3 Å². The third-order valence-corrected chi connectivity index (χ3v) is 6.57. The predicted molar refractivity (Wildman–Crippen MR) is 148 cm³/mol. The smallest absolute Gasteiger partial charge is 0.256 e. The molecule has 11 heteroatoms. The molecule has 0 bridgehead atoms. The number of ether oxygens (including phenoxy) is 1. The number of rotatable bonds is 12. The third kappa shape index (κ3) is 7.12. The topological polar surface area (TPSA) is 116 Å². The van der Waals surface area contributed by atoms with Gasteiger partial charge in [-0.3, -0.25) is 14.6 Å². The first-order valence-corrected chi connectivity index (χ1v) is 13.1. The lowest BCUT2D eigenvalue weighted by molar-refractivity contribution is -0.145. The number of hydrogen-bond acceptors (Lipinski definition) is 9. The summed E-state index contributed by atoms with van der Waals surface area (Å²) in [6.45, 7) is 8.18. The number of amides is 2. The summed E-state index contributed by atoms with van der Waals surface area (Å²) in [5.74, 6) is 1.03. The van der Waals surface area contributed by atoms with Crippen molar-refractivity contribution in [3.63, 3.8) is 0 Å². The Kier molecular flexibility index (Phi) is 9.15. The predicted octanol–water partition coefficient (Wildman–Crippen LogP) is 2.36. The van der Waals surface area contributed by atoms with Crippen molar-refractivity contribution in [2.24, 2.45) is 0 Å². The van der Waals surface area contributed by atoms with E-state index >= 15 is 0 Å². The molecule has 1 aliphatic rings. The van der Waals surface area contributed by atoms with Gasteiger partial charge in [-0.15, -0.1) is 0 Å². The molecule has 0 radical (unpaired) electrons. The van der Waals surface area contributed by atoms with E-state index in [0.717, 1.165) is 0 Å². The fourth-order valence-corrected chi connectivity index (χ4v) is 4.46. The molecule has 39 heavy (non-hydrogen) atoms. The lowest BCUT2D eigenvalue weighted by atomic mass is 10.1. The summed E-state index contributed by atoms with van der Waals surface area (Å²) in [7, 11) is 3.32. The first kappa shape index (κ1) is 28.1. The summed E-state index contributed by atoms with van der Waals surface area (Å²) in [4.78, 5) is 32.6. The van der Waals surface area contributed by atoms with Crippen molar-refractivity contribution in [2.75, 3.05) is 45.2 Å². The maximum Gasteiger partial charge on any atom is 0.256 e. The van der Waals surface area contributed by atoms with Crippen LogP contribution in [0.4, 0.5) is 5.69 Å². The van der Waals surface area contributed by atoms with Gasteiger partial charge in [0.1, 0.15) is 5.75 Å². The number of carbonyl (C=O) groups is 2. The van der Waals surface area contributed by atoms with E-state index in [1.165, 1.54) is 11.1 Å². The van der Waals surface area contributed by atoms with Gasteiger partial charge in [0.05, 0.1) is 25.9 Å². The second-order valence-corrected chi connectivity index (χ2v) is 9.85. The molecule has 2 heterocycles. The van der Waals surface area contributed by atoms with Crippen molar-refractivity contribution in [1.82, 2.24) is 30.8 Å². The summed E-state index contributed by atoms with van der Waals surface area (Å²) >= 11 is 0. The lowest BCUT2D eigenvalue weighted by Gasteiger charge is -2.32. The molecular weight excluding hydrogens is 498 g/mol. The van der Waals surface area contributed by atoms with E-state index in [1.807, 2.05) is 29.3 Å². The van der Waals surface area contributed by atoms with Crippen LogP contribution in [0.15, 0.2) is 47.0 Å². The number of hydrogen-bond donors (Lipinski definition) is 2. The first-order valence-electron chi connectivity index (χ1n) is 13.1. The number of nitrogens with one attached hydrogen (secondary N) is 2. The van der Waals surface area contributed by atoms with Crippen LogP contribution in [0, 0.1) is 6.92 Å². The van der Waals surface area contributed by atoms with Gasteiger partial charge in [-0.25, -0.2) is 5.01 Å². The highest BCUT2D eigenvalue weighted by atomic mass is 16.5. The van der Waals surface area contributed by atoms with Crippen molar-refractivity contribution >= 4 is 17.5 Å². The summed E-state index contributed by atoms with van der Waals surface area (Å²) in [5.41, 5.74) is 3.67. The summed E-state index contributed by atoms with van der Waals surface area (Å²) in [6, 6.07) is 13.9. The lowest BCUT2D eigenvalue weighted by Crippen LogP contribution is -2.48. The highest BCUT2D eigenvalue weighted by Crippen LogP contribution is 2.33. The van der Waals surface area contributed by atoms with Crippen molar-refractivity contribution in [3.05, 3.63) is 59.5 Å². The Hall–Kier alpha value is -3.96. The number of methoxy groups -OCH3 is 1. The van der Waals surface area contributed by atoms with Crippen molar-refractivity contribution in [3.8, 4) is 17.1 Å². The van der Waals surface area contributed by atoms with Gasteiger partial charge in [0.15, 0.2) is 0 Å². The first-order chi connectivity index (χ1) is 18.7. The molecule has 0 aliphatic carbocycles. The van der Waals surface area contributed by atoms with Gasteiger partial charge in [-0.2, -0.15) is 4.98 Å². The fraction of sp³-hybridized carbons (Fsp3) is 0.429. The van der Waals surface area contributed by atoms with Gasteiger partial charge in [0.2, 0.25) is 17.6 Å². The molecule has 2 amide bonds. The Labute approximate surface area is 229 Å². The van der Waals surface area contributed by atoms with E-state index in [4.69, 9.17) is 9.26 Å². The minimum atomic E-state index is -0.201. The maximum atomic E-state index is 13.6. The highest BCUT2D eigenvalue weighted by Gasteiger charge is 2.27. The number of nitrogens with zero attached hydrogens (tertiary/aromatic N) is 5. The molecule has 1 aromatic heterocycles. The Bertz CT molecular complexity index is 1270. The SMILES string of the molecule is COc1ccc(-c2noc(C)n2)cc1N(CC(=O)NCCNC(C)C)CC(=O)N(C)N1Cc2ccccc2C1. The fourth-order valence-electron chi connectivity index (χ4n) is 4.46. The molecule has 11 nitrogen and oxygen atoms in total. The summed E-state index contributed by atoms with van der Waals surface area (Å²) < 4.78 is 10.8. The zero-order chi connectivity index (χ0) is 27.9. The largest absolute Gasteiger partial charge is 0.495 e. The van der Waals surface area contributed by atoms with Crippen molar-refractivity contribution < 1.29 is 18.8 Å². The number of aromatic nitrogens is 2. The van der Waals surface area contributed by atoms with E-state index in [0.29, 0.717) is 60.9 Å². The van der Waals surface area contributed by atoms with Crippen LogP contribution in [0.25, 0.3) is 11.4 Å². The molecule has 2 aromatic carbocycles. The molecule has 2 N–H and O–H groups in total. The number of carbonyl (C=O) groups excluding carboxylic acids is 2. The number of benzene rings is 2. The molecule has 208 valence electrons. The Morgan fingerprint density at radius 2 is 1.82 bits per heavy atom. The third-order valence-electron chi connectivity index (χ3n) is 6.57. The van der Waals surface area contributed by atoms with Crippen LogP contribution in [-0.2, 0) is 22.7 Å². The highest BCUT2D eigenvalue weighted by molar-refractivity contribution is 5.87. The van der Waals surface area contributed by atoms with E-state index < -0.39 is 0 Å². The van der Waals surface area contributed by atoms with Crippen molar-refractivity contribution in [2.45, 2.75) is 39.9 Å². The van der Waals surface area contributed by atoms with Gasteiger partial charge in [0.25, 0.3) is 5.91 Å². The van der Waals surface area contributed by atoms with Gasteiger partial charge in [-0.05, 0) is 29.3 Å². The molecule has 0 saturated heterocycles. The maximum absolute atomic E-state index is 13.6. The molecule has 4 rings (SSSR count). The molecule has 0 saturated carbocycles. The van der Waals surface area contributed by atoms with E-state index in [1.54, 1.807) is 37.1 Å². The minimum Gasteiger partial charge on any atom is -0.495 e. The molecule has 1 aliphatic heterocycles. The Morgan fingerprint density at radius 1 is 1.10 bits per heavy atom. The summed E-state index contributed by atoms with van der Waals surface area (Å²) in [5, 5.41) is 13.9. The normalized spacial score (nSPS) is 12.9. The van der Waals surface area contributed by atoms with E-state index in [2.05, 4.69) is 46.8 Å². The molecule has 0 fully saturated rings. The second-order valence-electron chi connectivity index (χ2n) is 9.85. The van der Waals surface area contributed by atoms with Crippen LogP contribution in [-0.4, -0.2) is 78.4 Å². The van der Waals surface area contributed by atoms with Gasteiger partial charge < -0.3 is 24.8 Å². The number of hydrazine groups is 1. The van der Waals surface area contributed by atoms with Crippen LogP contribution in [0.1, 0.15) is 30.9 Å². The van der Waals surface area contributed by atoms with Gasteiger partial charge in [-0.1, -0.05) is 43.3 Å². The van der Waals surface area contributed by atoms with Gasteiger partial charge >= 0.3 is 0 Å².